The molecular weight excluding hydrogens is 400 g/mol. The van der Waals surface area contributed by atoms with E-state index in [0.717, 1.165) is 15.8 Å². The van der Waals surface area contributed by atoms with E-state index < -0.39 is 0 Å². The minimum atomic E-state index is 0.461. The Kier molecular flexibility index (Phi) is 5.59. The van der Waals surface area contributed by atoms with Crippen LogP contribution in [0.15, 0.2) is 62.6 Å². The molecule has 118 valence electrons. The van der Waals surface area contributed by atoms with Gasteiger partial charge in [-0.1, -0.05) is 51.4 Å². The lowest BCUT2D eigenvalue weighted by Gasteiger charge is -2.04. The fraction of sp³-hybridized carbons (Fsp3) is 0.125. The molecule has 3 rings (SSSR count). The van der Waals surface area contributed by atoms with Gasteiger partial charge in [-0.3, -0.25) is 0 Å². The molecule has 2 aromatic carbocycles. The Morgan fingerprint density at radius 2 is 2.00 bits per heavy atom. The van der Waals surface area contributed by atoms with Crippen LogP contribution < -0.4 is 4.74 Å². The van der Waals surface area contributed by atoms with Gasteiger partial charge in [0.25, 0.3) is 5.22 Å². The minimum absolute atomic E-state index is 0.461. The van der Waals surface area contributed by atoms with Gasteiger partial charge in [0, 0.05) is 20.8 Å². The second-order valence-electron chi connectivity index (χ2n) is 4.54. The fourth-order valence-electron chi connectivity index (χ4n) is 1.85. The molecule has 23 heavy (non-hydrogen) atoms. The molecular formula is C16H12BrClN2O2S. The molecule has 4 nitrogen and oxygen atoms in total. The molecule has 0 saturated carbocycles. The standard InChI is InChI=1S/C16H12BrClN2O2S/c17-12-4-2-6-14(10-12)21-7-8-23-16-20-19-15(22-16)11-3-1-5-13(18)9-11/h1-6,9-10H,7-8H2. The van der Waals surface area contributed by atoms with Crippen molar-refractivity contribution in [2.24, 2.45) is 0 Å². The summed E-state index contributed by atoms with van der Waals surface area (Å²) in [5, 5.41) is 9.20. The van der Waals surface area contributed by atoms with Crippen LogP contribution in [0, 0.1) is 0 Å². The van der Waals surface area contributed by atoms with Crippen LogP contribution in [0.5, 0.6) is 5.75 Å². The molecule has 0 aliphatic rings. The molecule has 0 radical (unpaired) electrons. The number of nitrogens with zero attached hydrogens (tertiary/aromatic N) is 2. The van der Waals surface area contributed by atoms with E-state index in [1.54, 1.807) is 12.1 Å². The number of halogens is 2. The van der Waals surface area contributed by atoms with Gasteiger partial charge in [-0.05, 0) is 36.4 Å². The van der Waals surface area contributed by atoms with Crippen LogP contribution in [0.4, 0.5) is 0 Å². The SMILES string of the molecule is Clc1cccc(-c2nnc(SCCOc3cccc(Br)c3)o2)c1. The van der Waals surface area contributed by atoms with Gasteiger partial charge < -0.3 is 9.15 Å². The van der Waals surface area contributed by atoms with E-state index >= 15 is 0 Å². The Bertz CT molecular complexity index is 797. The van der Waals surface area contributed by atoms with Gasteiger partial charge in [0.15, 0.2) is 0 Å². The van der Waals surface area contributed by atoms with Crippen LogP contribution in [-0.4, -0.2) is 22.6 Å². The Balaban J connectivity index is 1.51. The first-order valence-electron chi connectivity index (χ1n) is 6.81. The molecule has 0 amide bonds. The Morgan fingerprint density at radius 1 is 1.13 bits per heavy atom. The third-order valence-corrected chi connectivity index (χ3v) is 4.36. The van der Waals surface area contributed by atoms with E-state index in [4.69, 9.17) is 20.8 Å². The third kappa shape index (κ3) is 4.73. The van der Waals surface area contributed by atoms with Crippen LogP contribution in [0.2, 0.25) is 5.02 Å². The average Bonchev–Trinajstić information content (AvgIpc) is 3.01. The van der Waals surface area contributed by atoms with Crippen molar-refractivity contribution in [3.05, 3.63) is 58.0 Å². The van der Waals surface area contributed by atoms with Crippen molar-refractivity contribution in [2.45, 2.75) is 5.22 Å². The molecule has 7 heteroatoms. The summed E-state index contributed by atoms with van der Waals surface area (Å²) < 4.78 is 12.3. The van der Waals surface area contributed by atoms with Crippen molar-refractivity contribution in [1.29, 1.82) is 0 Å². The Morgan fingerprint density at radius 3 is 2.83 bits per heavy atom. The van der Waals surface area contributed by atoms with Crippen molar-refractivity contribution >= 4 is 39.3 Å². The topological polar surface area (TPSA) is 48.2 Å². The van der Waals surface area contributed by atoms with E-state index in [2.05, 4.69) is 26.1 Å². The summed E-state index contributed by atoms with van der Waals surface area (Å²) in [4.78, 5) is 0. The molecule has 1 aromatic heterocycles. The second kappa shape index (κ2) is 7.86. The van der Waals surface area contributed by atoms with Crippen molar-refractivity contribution in [3.8, 4) is 17.2 Å². The number of hydrogen-bond donors (Lipinski definition) is 0. The van der Waals surface area contributed by atoms with Crippen molar-refractivity contribution in [3.63, 3.8) is 0 Å². The van der Waals surface area contributed by atoms with E-state index in [9.17, 15) is 0 Å². The van der Waals surface area contributed by atoms with E-state index in [1.165, 1.54) is 11.8 Å². The summed E-state index contributed by atoms with van der Waals surface area (Å²) in [6.45, 7) is 0.552. The Hall–Kier alpha value is -1.50. The van der Waals surface area contributed by atoms with Crippen LogP contribution in [-0.2, 0) is 0 Å². The monoisotopic (exact) mass is 410 g/mol. The van der Waals surface area contributed by atoms with Crippen LogP contribution in [0.1, 0.15) is 0 Å². The van der Waals surface area contributed by atoms with Crippen molar-refractivity contribution < 1.29 is 9.15 Å². The minimum Gasteiger partial charge on any atom is -0.493 e. The average molecular weight is 412 g/mol. The van der Waals surface area contributed by atoms with Gasteiger partial charge in [-0.25, -0.2) is 0 Å². The summed E-state index contributed by atoms with van der Waals surface area (Å²) in [6, 6.07) is 15.0. The summed E-state index contributed by atoms with van der Waals surface area (Å²) in [5.41, 5.74) is 0.808. The fourth-order valence-corrected chi connectivity index (χ4v) is 3.00. The first kappa shape index (κ1) is 16.4. The zero-order chi connectivity index (χ0) is 16.1. The summed E-state index contributed by atoms with van der Waals surface area (Å²) in [5.74, 6) is 2.00. The van der Waals surface area contributed by atoms with E-state index in [-0.39, 0.29) is 0 Å². The highest BCUT2D eigenvalue weighted by Crippen LogP contribution is 2.25. The summed E-state index contributed by atoms with van der Waals surface area (Å²) in [7, 11) is 0. The molecule has 0 unspecified atom stereocenters. The van der Waals surface area contributed by atoms with Gasteiger partial charge in [0.05, 0.1) is 6.61 Å². The normalized spacial score (nSPS) is 10.7. The maximum Gasteiger partial charge on any atom is 0.276 e. The molecule has 0 bridgehead atoms. The van der Waals surface area contributed by atoms with Crippen LogP contribution >= 0.6 is 39.3 Å². The van der Waals surface area contributed by atoms with E-state index in [1.807, 2.05) is 36.4 Å². The maximum absolute atomic E-state index is 5.96. The zero-order valence-corrected chi connectivity index (χ0v) is 15.1. The van der Waals surface area contributed by atoms with Crippen LogP contribution in [0.3, 0.4) is 0 Å². The molecule has 0 atom stereocenters. The predicted molar refractivity (Wildman–Crippen MR) is 95.1 cm³/mol. The molecule has 0 spiro atoms. The lowest BCUT2D eigenvalue weighted by molar-refractivity contribution is 0.343. The number of benzene rings is 2. The number of thioether (sulfide) groups is 1. The van der Waals surface area contributed by atoms with Crippen LogP contribution in [0.25, 0.3) is 11.5 Å². The molecule has 0 N–H and O–H groups in total. The highest BCUT2D eigenvalue weighted by molar-refractivity contribution is 9.10. The van der Waals surface area contributed by atoms with Crippen molar-refractivity contribution in [1.82, 2.24) is 10.2 Å². The molecule has 0 aliphatic heterocycles. The van der Waals surface area contributed by atoms with Gasteiger partial charge in [-0.2, -0.15) is 0 Å². The first-order chi connectivity index (χ1) is 11.2. The highest BCUT2D eigenvalue weighted by atomic mass is 79.9. The molecule has 1 heterocycles. The van der Waals surface area contributed by atoms with Gasteiger partial charge in [0.2, 0.25) is 5.89 Å². The van der Waals surface area contributed by atoms with Gasteiger partial charge in [0.1, 0.15) is 5.75 Å². The quantitative estimate of drug-likeness (QED) is 0.405. The third-order valence-electron chi connectivity index (χ3n) is 2.85. The predicted octanol–water partition coefficient (Wildman–Crippen LogP) is 5.32. The molecule has 0 aliphatic carbocycles. The summed E-state index contributed by atoms with van der Waals surface area (Å²) >= 11 is 10.8. The van der Waals surface area contributed by atoms with E-state index in [0.29, 0.717) is 28.5 Å². The number of aromatic nitrogens is 2. The number of ether oxygens (including phenoxy) is 1. The zero-order valence-electron chi connectivity index (χ0n) is 11.9. The smallest absolute Gasteiger partial charge is 0.276 e. The lowest BCUT2D eigenvalue weighted by Crippen LogP contribution is -1.99. The number of rotatable bonds is 6. The second-order valence-corrected chi connectivity index (χ2v) is 6.94. The highest BCUT2D eigenvalue weighted by Gasteiger charge is 2.09. The van der Waals surface area contributed by atoms with Crippen molar-refractivity contribution in [2.75, 3.05) is 12.4 Å². The first-order valence-corrected chi connectivity index (χ1v) is 8.97. The van der Waals surface area contributed by atoms with Gasteiger partial charge >= 0.3 is 0 Å². The molecule has 0 fully saturated rings. The van der Waals surface area contributed by atoms with Gasteiger partial charge in [-0.15, -0.1) is 10.2 Å². The molecule has 0 saturated heterocycles. The summed E-state index contributed by atoms with van der Waals surface area (Å²) in [6.07, 6.45) is 0. The lowest BCUT2D eigenvalue weighted by atomic mass is 10.2. The maximum atomic E-state index is 5.96. The molecule has 3 aromatic rings. The Labute approximate surface area is 151 Å². The largest absolute Gasteiger partial charge is 0.493 e. The number of hydrogen-bond acceptors (Lipinski definition) is 5.